The van der Waals surface area contributed by atoms with E-state index in [1.165, 1.54) is 18.2 Å². The van der Waals surface area contributed by atoms with Crippen molar-refractivity contribution in [2.75, 3.05) is 6.61 Å². The van der Waals surface area contributed by atoms with E-state index >= 15 is 0 Å². The molecule has 8 heteroatoms. The highest BCUT2D eigenvalue weighted by molar-refractivity contribution is 6.01. The van der Waals surface area contributed by atoms with Gasteiger partial charge < -0.3 is 15.8 Å². The molecule has 1 aromatic carbocycles. The van der Waals surface area contributed by atoms with Crippen LogP contribution in [-0.2, 0) is 27.0 Å². The zero-order valence-corrected chi connectivity index (χ0v) is 11.2. The molecule has 21 heavy (non-hydrogen) atoms. The van der Waals surface area contributed by atoms with E-state index in [1.807, 2.05) is 0 Å². The number of amides is 1. The second-order valence-corrected chi connectivity index (χ2v) is 4.10. The normalized spacial score (nSPS) is 12.6. The number of carbonyl (C=O) groups is 2. The fourth-order valence-electron chi connectivity index (χ4n) is 1.58. The van der Waals surface area contributed by atoms with Crippen molar-refractivity contribution >= 4 is 11.9 Å². The summed E-state index contributed by atoms with van der Waals surface area (Å²) in [5.41, 5.74) is 4.36. The molecule has 1 aromatic rings. The van der Waals surface area contributed by atoms with Crippen LogP contribution in [-0.4, -0.2) is 24.5 Å². The van der Waals surface area contributed by atoms with Gasteiger partial charge in [0.15, 0.2) is 6.04 Å². The minimum Gasteiger partial charge on any atom is -0.464 e. The molecule has 0 aromatic heterocycles. The summed E-state index contributed by atoms with van der Waals surface area (Å²) in [6.45, 7) is 1.21. The highest BCUT2D eigenvalue weighted by atomic mass is 19.4. The molecule has 5 nitrogen and oxygen atoms in total. The minimum absolute atomic E-state index is 0.0523. The molecule has 0 heterocycles. The van der Waals surface area contributed by atoms with Crippen molar-refractivity contribution in [1.29, 1.82) is 0 Å². The maximum Gasteiger partial charge on any atom is 0.416 e. The molecule has 116 valence electrons. The largest absolute Gasteiger partial charge is 0.464 e. The zero-order chi connectivity index (χ0) is 16.0. The van der Waals surface area contributed by atoms with E-state index < -0.39 is 29.7 Å². The summed E-state index contributed by atoms with van der Waals surface area (Å²) in [5, 5.41) is 2.19. The molecular weight excluding hydrogens is 289 g/mol. The number of alkyl halides is 3. The molecule has 0 aliphatic carbocycles. The van der Waals surface area contributed by atoms with Crippen molar-refractivity contribution in [3.8, 4) is 0 Å². The van der Waals surface area contributed by atoms with Gasteiger partial charge in [-0.25, -0.2) is 4.79 Å². The Morgan fingerprint density at radius 1 is 1.33 bits per heavy atom. The van der Waals surface area contributed by atoms with Gasteiger partial charge in [-0.05, 0) is 18.6 Å². The predicted molar refractivity (Wildman–Crippen MR) is 67.9 cm³/mol. The van der Waals surface area contributed by atoms with E-state index in [0.29, 0.717) is 0 Å². The summed E-state index contributed by atoms with van der Waals surface area (Å²) in [5.74, 6) is -1.83. The predicted octanol–water partition coefficient (Wildman–Crippen LogP) is 1.21. The van der Waals surface area contributed by atoms with Gasteiger partial charge in [0.05, 0.1) is 12.2 Å². The van der Waals surface area contributed by atoms with Gasteiger partial charge in [0.25, 0.3) is 0 Å². The Labute approximate surface area is 119 Å². The average molecular weight is 304 g/mol. The molecule has 0 spiro atoms. The number of hydrogen-bond donors (Lipinski definition) is 2. The fourth-order valence-corrected chi connectivity index (χ4v) is 1.58. The van der Waals surface area contributed by atoms with Crippen LogP contribution in [0.2, 0.25) is 0 Å². The number of halogens is 3. The number of hydrogen-bond acceptors (Lipinski definition) is 4. The summed E-state index contributed by atoms with van der Waals surface area (Å²) in [6.07, 6.45) is -4.52. The van der Waals surface area contributed by atoms with Crippen molar-refractivity contribution in [3.05, 3.63) is 35.4 Å². The van der Waals surface area contributed by atoms with E-state index in [1.54, 1.807) is 6.92 Å². The average Bonchev–Trinajstić information content (AvgIpc) is 2.43. The first-order chi connectivity index (χ1) is 9.77. The Balaban J connectivity index is 2.72. The summed E-state index contributed by atoms with van der Waals surface area (Å²) < 4.78 is 42.8. The van der Waals surface area contributed by atoms with Crippen LogP contribution in [0.1, 0.15) is 18.1 Å². The van der Waals surface area contributed by atoms with E-state index in [2.05, 4.69) is 10.1 Å². The van der Waals surface area contributed by atoms with Gasteiger partial charge in [-0.3, -0.25) is 4.79 Å². The Morgan fingerprint density at radius 2 is 1.95 bits per heavy atom. The fraction of sp³-hybridized carbons (Fsp3) is 0.385. The number of nitrogens with two attached hydrogens (primary N) is 1. The lowest BCUT2D eigenvalue weighted by atomic mass is 10.1. The van der Waals surface area contributed by atoms with Crippen molar-refractivity contribution < 1.29 is 27.5 Å². The lowest BCUT2D eigenvalue weighted by molar-refractivity contribution is -0.148. The van der Waals surface area contributed by atoms with E-state index in [-0.39, 0.29) is 18.7 Å². The maximum absolute atomic E-state index is 12.7. The van der Waals surface area contributed by atoms with Crippen LogP contribution >= 0.6 is 0 Å². The van der Waals surface area contributed by atoms with Gasteiger partial charge in [0, 0.05) is 6.54 Å². The van der Waals surface area contributed by atoms with Gasteiger partial charge in [-0.2, -0.15) is 13.2 Å². The van der Waals surface area contributed by atoms with Gasteiger partial charge in [-0.15, -0.1) is 0 Å². The molecule has 0 bridgehead atoms. The molecule has 0 saturated carbocycles. The van der Waals surface area contributed by atoms with E-state index in [0.717, 1.165) is 6.07 Å². The van der Waals surface area contributed by atoms with E-state index in [4.69, 9.17) is 5.73 Å². The van der Waals surface area contributed by atoms with Crippen molar-refractivity contribution in [3.63, 3.8) is 0 Å². The van der Waals surface area contributed by atoms with Gasteiger partial charge in [0.1, 0.15) is 0 Å². The molecule has 1 atom stereocenters. The summed E-state index contributed by atoms with van der Waals surface area (Å²) in [4.78, 5) is 22.8. The standard InChI is InChI=1S/C13H15F3N2O3/c1-2-21-12(20)10(17)11(19)18-7-8-5-3-4-6-9(8)13(14,15)16/h3-6,10H,2,7,17H2,1H3,(H,18,19). The van der Waals surface area contributed by atoms with Crippen LogP contribution in [0.25, 0.3) is 0 Å². The Morgan fingerprint density at radius 3 is 2.52 bits per heavy atom. The SMILES string of the molecule is CCOC(=O)C(N)C(=O)NCc1ccccc1C(F)(F)F. The van der Waals surface area contributed by atoms with Crippen LogP contribution in [0.4, 0.5) is 13.2 Å². The Hall–Kier alpha value is -2.09. The smallest absolute Gasteiger partial charge is 0.416 e. The number of nitrogens with one attached hydrogen (secondary N) is 1. The molecule has 1 amide bonds. The summed E-state index contributed by atoms with van der Waals surface area (Å²) in [6, 6.07) is 3.25. The molecular formula is C13H15F3N2O3. The third kappa shape index (κ3) is 4.75. The number of benzene rings is 1. The third-order valence-electron chi connectivity index (χ3n) is 2.60. The summed E-state index contributed by atoms with van der Waals surface area (Å²) >= 11 is 0. The minimum atomic E-state index is -4.52. The van der Waals surface area contributed by atoms with Crippen LogP contribution in [0, 0.1) is 0 Å². The Kier molecular flexibility index (Phi) is 5.71. The molecule has 0 radical (unpaired) electrons. The van der Waals surface area contributed by atoms with Crippen molar-refractivity contribution in [2.24, 2.45) is 5.73 Å². The summed E-state index contributed by atoms with van der Waals surface area (Å²) in [7, 11) is 0. The first-order valence-electron chi connectivity index (χ1n) is 6.12. The van der Waals surface area contributed by atoms with Gasteiger partial charge in [0.2, 0.25) is 5.91 Å². The molecule has 1 unspecified atom stereocenters. The first-order valence-corrected chi connectivity index (χ1v) is 6.12. The zero-order valence-electron chi connectivity index (χ0n) is 11.2. The molecule has 0 aliphatic rings. The Bertz CT molecular complexity index is 518. The van der Waals surface area contributed by atoms with Crippen LogP contribution < -0.4 is 11.1 Å². The van der Waals surface area contributed by atoms with Crippen LogP contribution in [0.5, 0.6) is 0 Å². The highest BCUT2D eigenvalue weighted by Crippen LogP contribution is 2.31. The van der Waals surface area contributed by atoms with Crippen molar-refractivity contribution in [1.82, 2.24) is 5.32 Å². The second kappa shape index (κ2) is 7.07. The molecule has 3 N–H and O–H groups in total. The van der Waals surface area contributed by atoms with E-state index in [9.17, 15) is 22.8 Å². The number of esters is 1. The molecule has 0 fully saturated rings. The van der Waals surface area contributed by atoms with Crippen LogP contribution in [0.3, 0.4) is 0 Å². The third-order valence-corrected chi connectivity index (χ3v) is 2.60. The first kappa shape index (κ1) is 17.0. The number of rotatable bonds is 5. The molecule has 0 saturated heterocycles. The topological polar surface area (TPSA) is 81.4 Å². The quantitative estimate of drug-likeness (QED) is 0.633. The lowest BCUT2D eigenvalue weighted by Crippen LogP contribution is -2.46. The van der Waals surface area contributed by atoms with Crippen molar-refractivity contribution in [2.45, 2.75) is 25.7 Å². The van der Waals surface area contributed by atoms with Gasteiger partial charge >= 0.3 is 12.1 Å². The van der Waals surface area contributed by atoms with Crippen LogP contribution in [0.15, 0.2) is 24.3 Å². The second-order valence-electron chi connectivity index (χ2n) is 4.10. The highest BCUT2D eigenvalue weighted by Gasteiger charge is 2.33. The maximum atomic E-state index is 12.7. The molecule has 1 rings (SSSR count). The molecule has 0 aliphatic heterocycles. The number of carbonyl (C=O) groups excluding carboxylic acids is 2. The lowest BCUT2D eigenvalue weighted by Gasteiger charge is -2.15. The number of ether oxygens (including phenoxy) is 1. The van der Waals surface area contributed by atoms with Gasteiger partial charge in [-0.1, -0.05) is 18.2 Å². The monoisotopic (exact) mass is 304 g/mol.